The first-order chi connectivity index (χ1) is 38.0. The number of hydrogen-bond donors (Lipinski definition) is 3. The SMILES string of the molecule is CCCC/C=C\CCCCCCCC(=O)OCCCCCCCCCCCCCCCCCCCCCCCCCCCCC(=O)NC(CO)C(O)CCCCCCCCCCCCCCCCCCCCCCCCC. The van der Waals surface area contributed by atoms with Crippen LogP contribution in [0.1, 0.15) is 406 Å². The van der Waals surface area contributed by atoms with E-state index in [-0.39, 0.29) is 18.5 Å². The summed E-state index contributed by atoms with van der Waals surface area (Å²) in [5.74, 6) is -0.0203. The van der Waals surface area contributed by atoms with Gasteiger partial charge in [-0.05, 0) is 44.9 Å². The fraction of sp³-hybridized carbons (Fsp3) is 0.944. The highest BCUT2D eigenvalue weighted by molar-refractivity contribution is 5.76. The smallest absolute Gasteiger partial charge is 0.305 e. The predicted molar refractivity (Wildman–Crippen MR) is 338 cm³/mol. The second-order valence-electron chi connectivity index (χ2n) is 24.6. The maximum Gasteiger partial charge on any atom is 0.305 e. The van der Waals surface area contributed by atoms with E-state index in [2.05, 4.69) is 31.3 Å². The van der Waals surface area contributed by atoms with Crippen molar-refractivity contribution in [1.29, 1.82) is 0 Å². The lowest BCUT2D eigenvalue weighted by Gasteiger charge is -2.22. The highest BCUT2D eigenvalue weighted by Gasteiger charge is 2.20. The first-order valence-corrected chi connectivity index (χ1v) is 35.4. The Morgan fingerprint density at radius 2 is 0.623 bits per heavy atom. The van der Waals surface area contributed by atoms with Crippen LogP contribution < -0.4 is 5.32 Å². The van der Waals surface area contributed by atoms with Gasteiger partial charge >= 0.3 is 5.97 Å². The Morgan fingerprint density at radius 1 is 0.351 bits per heavy atom. The number of aliphatic hydroxyl groups is 2. The number of ether oxygens (including phenoxy) is 1. The Kier molecular flexibility index (Phi) is 65.9. The first kappa shape index (κ1) is 75.6. The van der Waals surface area contributed by atoms with E-state index < -0.39 is 12.1 Å². The molecule has 0 saturated carbocycles. The lowest BCUT2D eigenvalue weighted by Crippen LogP contribution is -2.45. The van der Waals surface area contributed by atoms with Crippen molar-refractivity contribution in [2.24, 2.45) is 0 Å². The van der Waals surface area contributed by atoms with Crippen molar-refractivity contribution >= 4 is 11.9 Å². The summed E-state index contributed by atoms with van der Waals surface area (Å²) in [6, 6.07) is -0.540. The second kappa shape index (κ2) is 67.1. The summed E-state index contributed by atoms with van der Waals surface area (Å²) in [5, 5.41) is 23.4. The molecule has 0 aliphatic carbocycles. The van der Waals surface area contributed by atoms with Gasteiger partial charge in [0.05, 0.1) is 25.4 Å². The standard InChI is InChI=1S/C71H139NO5/c1-3-5-7-9-11-13-15-16-17-18-19-20-25-28-31-34-37-40-44-47-51-55-59-63-69(74)68(67-73)72-70(75)64-60-56-52-48-45-41-38-35-32-29-26-23-21-22-24-27-30-33-36-39-42-46-50-54-58-62-66-77-71(76)65-61-57-53-49-43-14-12-10-8-6-4-2/h10,12,68-69,73-74H,3-9,11,13-67H2,1-2H3,(H,72,75)/b12-10-. The van der Waals surface area contributed by atoms with E-state index in [0.717, 1.165) is 44.9 Å². The van der Waals surface area contributed by atoms with Gasteiger partial charge in [0.25, 0.3) is 0 Å². The Hall–Kier alpha value is -1.40. The third kappa shape index (κ3) is 63.6. The number of amides is 1. The quantitative estimate of drug-likeness (QED) is 0.0320. The average Bonchev–Trinajstić information content (AvgIpc) is 3.43. The monoisotopic (exact) mass is 1090 g/mol. The Labute approximate surface area is 482 Å². The fourth-order valence-electron chi connectivity index (χ4n) is 11.4. The van der Waals surface area contributed by atoms with E-state index in [1.165, 1.54) is 327 Å². The summed E-state index contributed by atoms with van der Waals surface area (Å²) in [4.78, 5) is 24.6. The van der Waals surface area contributed by atoms with Crippen molar-refractivity contribution in [3.63, 3.8) is 0 Å². The third-order valence-corrected chi connectivity index (χ3v) is 16.8. The predicted octanol–water partition coefficient (Wildman–Crippen LogP) is 22.8. The van der Waals surface area contributed by atoms with Crippen LogP contribution in [0.25, 0.3) is 0 Å². The van der Waals surface area contributed by atoms with Gasteiger partial charge < -0.3 is 20.3 Å². The van der Waals surface area contributed by atoms with Crippen LogP contribution in [0.2, 0.25) is 0 Å². The molecule has 0 aromatic carbocycles. The molecular weight excluding hydrogens is 947 g/mol. The van der Waals surface area contributed by atoms with Crippen LogP contribution in [-0.2, 0) is 14.3 Å². The van der Waals surface area contributed by atoms with Crippen LogP contribution in [0.4, 0.5) is 0 Å². The van der Waals surface area contributed by atoms with E-state index in [1.54, 1.807) is 0 Å². The molecular formula is C71H139NO5. The molecule has 77 heavy (non-hydrogen) atoms. The van der Waals surface area contributed by atoms with Crippen molar-refractivity contribution in [2.45, 2.75) is 418 Å². The van der Waals surface area contributed by atoms with Crippen LogP contribution >= 0.6 is 0 Å². The molecule has 0 rings (SSSR count). The number of nitrogens with one attached hydrogen (secondary N) is 1. The van der Waals surface area contributed by atoms with Crippen molar-refractivity contribution in [2.75, 3.05) is 13.2 Å². The van der Waals surface area contributed by atoms with Gasteiger partial charge in [0.1, 0.15) is 0 Å². The zero-order valence-electron chi connectivity index (χ0n) is 52.5. The van der Waals surface area contributed by atoms with E-state index in [1.807, 2.05) is 0 Å². The molecule has 2 atom stereocenters. The van der Waals surface area contributed by atoms with E-state index >= 15 is 0 Å². The summed E-state index contributed by atoms with van der Waals surface area (Å²) in [6.07, 6.45) is 82.6. The Bertz CT molecular complexity index is 1160. The molecule has 6 heteroatoms. The minimum atomic E-state index is -0.663. The second-order valence-corrected chi connectivity index (χ2v) is 24.6. The van der Waals surface area contributed by atoms with Crippen molar-refractivity contribution in [3.8, 4) is 0 Å². The zero-order valence-corrected chi connectivity index (χ0v) is 52.5. The van der Waals surface area contributed by atoms with Crippen molar-refractivity contribution in [3.05, 3.63) is 12.2 Å². The van der Waals surface area contributed by atoms with Crippen molar-refractivity contribution < 1.29 is 24.5 Å². The van der Waals surface area contributed by atoms with Gasteiger partial charge in [-0.1, -0.05) is 360 Å². The number of allylic oxidation sites excluding steroid dienone is 2. The van der Waals surface area contributed by atoms with Crippen LogP contribution in [0.5, 0.6) is 0 Å². The number of hydrogen-bond acceptors (Lipinski definition) is 5. The summed E-state index contributed by atoms with van der Waals surface area (Å²) < 4.78 is 5.47. The number of esters is 1. The lowest BCUT2D eigenvalue weighted by molar-refractivity contribution is -0.143. The van der Waals surface area contributed by atoms with E-state index in [4.69, 9.17) is 4.74 Å². The van der Waals surface area contributed by atoms with Crippen LogP contribution in [-0.4, -0.2) is 47.4 Å². The first-order valence-electron chi connectivity index (χ1n) is 35.4. The number of unbranched alkanes of at least 4 members (excludes halogenated alkanes) is 54. The molecule has 0 bridgehead atoms. The van der Waals surface area contributed by atoms with Gasteiger partial charge in [0, 0.05) is 12.8 Å². The maximum absolute atomic E-state index is 12.6. The molecule has 0 heterocycles. The molecule has 1 amide bonds. The molecule has 3 N–H and O–H groups in total. The Morgan fingerprint density at radius 3 is 0.961 bits per heavy atom. The number of carbonyl (C=O) groups is 2. The molecule has 458 valence electrons. The topological polar surface area (TPSA) is 95.9 Å². The van der Waals surface area contributed by atoms with Gasteiger partial charge in [-0.15, -0.1) is 0 Å². The minimum absolute atomic E-state index is 0.00716. The Balaban J connectivity index is 3.36. The zero-order chi connectivity index (χ0) is 55.7. The van der Waals surface area contributed by atoms with Gasteiger partial charge in [0.15, 0.2) is 0 Å². The molecule has 0 aromatic rings. The highest BCUT2D eigenvalue weighted by atomic mass is 16.5. The number of aliphatic hydroxyl groups excluding tert-OH is 2. The fourth-order valence-corrected chi connectivity index (χ4v) is 11.4. The lowest BCUT2D eigenvalue weighted by atomic mass is 10.0. The molecule has 6 nitrogen and oxygen atoms in total. The third-order valence-electron chi connectivity index (χ3n) is 16.8. The van der Waals surface area contributed by atoms with Crippen molar-refractivity contribution in [1.82, 2.24) is 5.32 Å². The largest absolute Gasteiger partial charge is 0.466 e. The summed E-state index contributed by atoms with van der Waals surface area (Å²) in [5.41, 5.74) is 0. The molecule has 0 aliphatic heterocycles. The van der Waals surface area contributed by atoms with Crippen LogP contribution in [0.15, 0.2) is 12.2 Å². The summed E-state index contributed by atoms with van der Waals surface area (Å²) in [6.45, 7) is 4.96. The minimum Gasteiger partial charge on any atom is -0.466 e. The highest BCUT2D eigenvalue weighted by Crippen LogP contribution is 2.19. The van der Waals surface area contributed by atoms with Gasteiger partial charge in [-0.3, -0.25) is 9.59 Å². The molecule has 2 unspecified atom stereocenters. The van der Waals surface area contributed by atoms with Gasteiger partial charge in [0.2, 0.25) is 5.91 Å². The van der Waals surface area contributed by atoms with Gasteiger partial charge in [-0.25, -0.2) is 0 Å². The van der Waals surface area contributed by atoms with E-state index in [0.29, 0.717) is 25.9 Å². The molecule has 0 aromatic heterocycles. The van der Waals surface area contributed by atoms with Gasteiger partial charge in [-0.2, -0.15) is 0 Å². The molecule has 0 aliphatic rings. The normalized spacial score (nSPS) is 12.5. The average molecular weight is 1090 g/mol. The molecule has 0 radical (unpaired) electrons. The van der Waals surface area contributed by atoms with E-state index in [9.17, 15) is 19.8 Å². The molecule has 0 saturated heterocycles. The van der Waals surface area contributed by atoms with Crippen LogP contribution in [0, 0.1) is 0 Å². The number of rotatable bonds is 67. The summed E-state index contributed by atoms with van der Waals surface area (Å²) >= 11 is 0. The summed E-state index contributed by atoms with van der Waals surface area (Å²) in [7, 11) is 0. The van der Waals surface area contributed by atoms with Crippen LogP contribution in [0.3, 0.4) is 0 Å². The number of carbonyl (C=O) groups excluding carboxylic acids is 2. The maximum atomic E-state index is 12.6. The molecule has 0 fully saturated rings. The molecule has 0 spiro atoms.